The molecule has 0 amide bonds. The summed E-state index contributed by atoms with van der Waals surface area (Å²) in [6.07, 6.45) is -4.25. The van der Waals surface area contributed by atoms with Gasteiger partial charge in [0.1, 0.15) is 0 Å². The Morgan fingerprint density at radius 1 is 0.778 bits per heavy atom. The Labute approximate surface area is 114 Å². The second-order valence-corrected chi connectivity index (χ2v) is 6.93. The molecule has 0 aliphatic heterocycles. The molecule has 18 heavy (non-hydrogen) atoms. The van der Waals surface area contributed by atoms with Crippen LogP contribution in [0.4, 0.5) is 13.2 Å². The number of halogens is 4. The molecule has 0 saturated heterocycles. The molecular formula is C14H11F3I-. The van der Waals surface area contributed by atoms with Crippen LogP contribution < -0.4 is 21.2 Å². The molecule has 0 saturated carbocycles. The Morgan fingerprint density at radius 3 is 1.67 bits per heavy atom. The van der Waals surface area contributed by atoms with Gasteiger partial charge in [0.2, 0.25) is 0 Å². The van der Waals surface area contributed by atoms with Gasteiger partial charge < -0.3 is 0 Å². The van der Waals surface area contributed by atoms with Crippen LogP contribution in [0.3, 0.4) is 0 Å². The summed E-state index contributed by atoms with van der Waals surface area (Å²) < 4.78 is 39.4. The normalized spacial score (nSPS) is 11.8. The van der Waals surface area contributed by atoms with E-state index >= 15 is 0 Å². The van der Waals surface area contributed by atoms with E-state index in [1.165, 1.54) is 9.13 Å². The fourth-order valence-corrected chi connectivity index (χ4v) is 3.58. The molecule has 0 heterocycles. The zero-order valence-electron chi connectivity index (χ0n) is 9.63. The first-order chi connectivity index (χ1) is 8.45. The van der Waals surface area contributed by atoms with E-state index in [1.54, 1.807) is 12.1 Å². The topological polar surface area (TPSA) is 0 Å². The second-order valence-electron chi connectivity index (χ2n) is 3.89. The fraction of sp³-hybridized carbons (Fsp3) is 0.143. The number of benzene rings is 2. The quantitative estimate of drug-likeness (QED) is 0.703. The molecule has 0 atom stereocenters. The summed E-state index contributed by atoms with van der Waals surface area (Å²) in [5.41, 5.74) is 0.606. The molecule has 0 aliphatic rings. The van der Waals surface area contributed by atoms with E-state index in [2.05, 4.69) is 0 Å². The minimum absolute atomic E-state index is 0.401. The summed E-state index contributed by atoms with van der Waals surface area (Å²) in [5, 5.41) is 0. The Kier molecular flexibility index (Phi) is 3.94. The average molecular weight is 363 g/mol. The maximum absolute atomic E-state index is 12.4. The molecular weight excluding hydrogens is 352 g/mol. The number of rotatable bonds is 2. The van der Waals surface area contributed by atoms with Crippen molar-refractivity contribution in [2.45, 2.75) is 13.1 Å². The Bertz CT molecular complexity index is 512. The third-order valence-electron chi connectivity index (χ3n) is 2.40. The minimum atomic E-state index is -4.25. The number of hydrogen-bond acceptors (Lipinski definition) is 0. The van der Waals surface area contributed by atoms with Crippen LogP contribution in [0.15, 0.2) is 48.5 Å². The van der Waals surface area contributed by atoms with Crippen molar-refractivity contribution in [2.75, 3.05) is 0 Å². The predicted octanol–water partition coefficient (Wildman–Crippen LogP) is 1.14. The summed E-state index contributed by atoms with van der Waals surface area (Å²) in [7, 11) is 0. The molecule has 0 aliphatic carbocycles. The van der Waals surface area contributed by atoms with Gasteiger partial charge in [0.05, 0.1) is 0 Å². The summed E-state index contributed by atoms with van der Waals surface area (Å²) >= 11 is -0.401. The van der Waals surface area contributed by atoms with Gasteiger partial charge in [-0.25, -0.2) is 0 Å². The number of alkyl halides is 3. The average Bonchev–Trinajstić information content (AvgIpc) is 2.32. The van der Waals surface area contributed by atoms with Crippen LogP contribution >= 0.6 is 0 Å². The van der Waals surface area contributed by atoms with E-state index in [1.807, 2.05) is 31.2 Å². The Hall–Kier alpha value is -1.04. The van der Waals surface area contributed by atoms with Gasteiger partial charge in [-0.05, 0) is 0 Å². The zero-order valence-corrected chi connectivity index (χ0v) is 11.8. The van der Waals surface area contributed by atoms with Crippen molar-refractivity contribution in [1.82, 2.24) is 0 Å². The molecule has 0 N–H and O–H groups in total. The molecule has 2 aromatic rings. The first-order valence-electron chi connectivity index (χ1n) is 5.34. The van der Waals surface area contributed by atoms with Gasteiger partial charge in [-0.3, -0.25) is 0 Å². The van der Waals surface area contributed by atoms with E-state index in [-0.39, 0.29) is 0 Å². The van der Waals surface area contributed by atoms with Crippen LogP contribution in [0, 0.1) is 14.1 Å². The molecule has 96 valence electrons. The molecule has 2 rings (SSSR count). The van der Waals surface area contributed by atoms with Crippen LogP contribution in [0.5, 0.6) is 0 Å². The van der Waals surface area contributed by atoms with Gasteiger partial charge in [-0.1, -0.05) is 0 Å². The van der Waals surface area contributed by atoms with E-state index in [0.717, 1.165) is 15.7 Å². The van der Waals surface area contributed by atoms with Crippen molar-refractivity contribution in [3.8, 4) is 0 Å². The van der Waals surface area contributed by atoms with Crippen molar-refractivity contribution in [2.24, 2.45) is 0 Å². The first kappa shape index (κ1) is 13.4. The Morgan fingerprint density at radius 2 is 1.22 bits per heavy atom. The van der Waals surface area contributed by atoms with Crippen LogP contribution in [0.2, 0.25) is 0 Å². The molecule has 0 aromatic heterocycles. The third kappa shape index (κ3) is 3.48. The molecule has 0 fully saturated rings. The van der Waals surface area contributed by atoms with Gasteiger partial charge in [0, 0.05) is 0 Å². The number of aryl methyl sites for hydroxylation is 1. The zero-order chi connectivity index (χ0) is 13.2. The molecule has 0 nitrogen and oxygen atoms in total. The van der Waals surface area contributed by atoms with Crippen LogP contribution in [-0.4, -0.2) is 0 Å². The van der Waals surface area contributed by atoms with Gasteiger partial charge in [-0.2, -0.15) is 0 Å². The fourth-order valence-electron chi connectivity index (χ4n) is 1.42. The molecule has 0 spiro atoms. The van der Waals surface area contributed by atoms with Crippen molar-refractivity contribution >= 4 is 0 Å². The second kappa shape index (κ2) is 5.30. The van der Waals surface area contributed by atoms with Gasteiger partial charge in [-0.15, -0.1) is 0 Å². The molecule has 0 bridgehead atoms. The molecule has 2 aromatic carbocycles. The third-order valence-corrected chi connectivity index (χ3v) is 5.08. The predicted molar refractivity (Wildman–Crippen MR) is 60.0 cm³/mol. The van der Waals surface area contributed by atoms with Crippen molar-refractivity contribution in [3.63, 3.8) is 0 Å². The monoisotopic (exact) mass is 363 g/mol. The van der Waals surface area contributed by atoms with Crippen LogP contribution in [-0.2, 0) is 6.18 Å². The number of hydrogen-bond donors (Lipinski definition) is 0. The standard InChI is InChI=1S/C14H11F3I/c1-10-2-6-12(7-3-10)18-13-8-4-11(5-9-13)14(15,16)17/h2-9H,1H3/q-1. The van der Waals surface area contributed by atoms with Crippen LogP contribution in [0.25, 0.3) is 0 Å². The molecule has 0 radical (unpaired) electrons. The van der Waals surface area contributed by atoms with E-state index < -0.39 is 32.9 Å². The summed E-state index contributed by atoms with van der Waals surface area (Å²) in [5.74, 6) is 0. The SMILES string of the molecule is Cc1ccc([I-]c2ccc(C(F)(F)F)cc2)cc1. The van der Waals surface area contributed by atoms with E-state index in [0.29, 0.717) is 0 Å². The first-order valence-corrected chi connectivity index (χ1v) is 7.50. The van der Waals surface area contributed by atoms with Crippen molar-refractivity contribution in [3.05, 3.63) is 66.8 Å². The maximum atomic E-state index is 12.4. The molecule has 0 unspecified atom stereocenters. The summed E-state index contributed by atoms with van der Waals surface area (Å²) in [4.78, 5) is 0. The van der Waals surface area contributed by atoms with Gasteiger partial charge >= 0.3 is 114 Å². The van der Waals surface area contributed by atoms with E-state index in [9.17, 15) is 13.2 Å². The summed E-state index contributed by atoms with van der Waals surface area (Å²) in [6, 6.07) is 13.6. The van der Waals surface area contributed by atoms with Gasteiger partial charge in [0.15, 0.2) is 0 Å². The van der Waals surface area contributed by atoms with Crippen LogP contribution in [0.1, 0.15) is 11.1 Å². The van der Waals surface area contributed by atoms with Crippen molar-refractivity contribution in [1.29, 1.82) is 0 Å². The Balaban J connectivity index is 2.13. The van der Waals surface area contributed by atoms with Gasteiger partial charge in [0.25, 0.3) is 0 Å². The van der Waals surface area contributed by atoms with E-state index in [4.69, 9.17) is 0 Å². The molecule has 4 heteroatoms. The van der Waals surface area contributed by atoms with Crippen molar-refractivity contribution < 1.29 is 34.4 Å². The summed E-state index contributed by atoms with van der Waals surface area (Å²) in [6.45, 7) is 2.01.